The largest absolute Gasteiger partial charge is 0.482 e. The van der Waals surface area contributed by atoms with Crippen LogP contribution in [0.3, 0.4) is 0 Å². The van der Waals surface area contributed by atoms with Gasteiger partial charge in [0, 0.05) is 30.1 Å². The lowest BCUT2D eigenvalue weighted by atomic mass is 9.87. The summed E-state index contributed by atoms with van der Waals surface area (Å²) in [5.41, 5.74) is 5.18. The van der Waals surface area contributed by atoms with Crippen LogP contribution in [0, 0.1) is 0 Å². The molecule has 6 heteroatoms. The van der Waals surface area contributed by atoms with Crippen molar-refractivity contribution >= 4 is 5.97 Å². The van der Waals surface area contributed by atoms with Gasteiger partial charge in [-0.2, -0.15) is 0 Å². The molecule has 3 aromatic carbocycles. The minimum Gasteiger partial charge on any atom is -0.482 e. The third kappa shape index (κ3) is 5.28. The Morgan fingerprint density at radius 1 is 1.00 bits per heavy atom. The average molecular weight is 469 g/mol. The maximum Gasteiger partial charge on any atom is 0.341 e. The molecule has 1 aliphatic carbocycles. The van der Waals surface area contributed by atoms with E-state index >= 15 is 0 Å². The van der Waals surface area contributed by atoms with Crippen molar-refractivity contribution in [2.45, 2.75) is 31.7 Å². The van der Waals surface area contributed by atoms with Crippen LogP contribution in [0.2, 0.25) is 0 Å². The molecule has 178 valence electrons. The summed E-state index contributed by atoms with van der Waals surface area (Å²) in [7, 11) is 0. The molecule has 1 aromatic heterocycles. The predicted octanol–water partition coefficient (Wildman–Crippen LogP) is 5.68. The molecule has 0 saturated heterocycles. The molecule has 0 radical (unpaired) electrons. The van der Waals surface area contributed by atoms with E-state index in [0.717, 1.165) is 47.4 Å². The number of rotatable bonds is 9. The quantitative estimate of drug-likeness (QED) is 0.329. The highest BCUT2D eigenvalue weighted by molar-refractivity contribution is 5.76. The normalized spacial score (nSPS) is 14.9. The third-order valence-corrected chi connectivity index (χ3v) is 6.30. The lowest BCUT2D eigenvalue weighted by molar-refractivity contribution is -0.139. The Morgan fingerprint density at radius 2 is 1.74 bits per heavy atom. The Morgan fingerprint density at radius 3 is 2.49 bits per heavy atom. The third-order valence-electron chi connectivity index (χ3n) is 6.30. The average Bonchev–Trinajstić information content (AvgIpc) is 3.33. The molecule has 0 amide bonds. The van der Waals surface area contributed by atoms with E-state index in [1.54, 1.807) is 0 Å². The first-order chi connectivity index (χ1) is 17.2. The van der Waals surface area contributed by atoms with Crippen LogP contribution >= 0.6 is 0 Å². The van der Waals surface area contributed by atoms with E-state index in [1.807, 2.05) is 60.7 Å². The molecule has 0 fully saturated rings. The topological polar surface area (TPSA) is 84.6 Å². The van der Waals surface area contributed by atoms with E-state index in [1.165, 1.54) is 5.56 Å². The van der Waals surface area contributed by atoms with E-state index in [4.69, 9.17) is 19.2 Å². The fourth-order valence-electron chi connectivity index (χ4n) is 4.70. The van der Waals surface area contributed by atoms with Crippen LogP contribution in [0.5, 0.6) is 5.75 Å². The Kier molecular flexibility index (Phi) is 6.91. The van der Waals surface area contributed by atoms with E-state index < -0.39 is 5.97 Å². The second kappa shape index (κ2) is 10.6. The van der Waals surface area contributed by atoms with Crippen molar-refractivity contribution in [2.75, 3.05) is 13.2 Å². The van der Waals surface area contributed by atoms with Gasteiger partial charge in [-0.05, 0) is 36.5 Å². The molecule has 1 unspecified atom stereocenters. The van der Waals surface area contributed by atoms with E-state index in [-0.39, 0.29) is 12.6 Å². The van der Waals surface area contributed by atoms with Gasteiger partial charge in [0.15, 0.2) is 18.3 Å². The number of hydrogen-bond acceptors (Lipinski definition) is 5. The van der Waals surface area contributed by atoms with Crippen molar-refractivity contribution in [3.8, 4) is 28.3 Å². The zero-order chi connectivity index (χ0) is 24.0. The Hall–Kier alpha value is -3.90. The highest BCUT2D eigenvalue weighted by Gasteiger charge is 2.23. The summed E-state index contributed by atoms with van der Waals surface area (Å²) >= 11 is 0. The number of carboxylic acid groups (broad SMARTS) is 1. The molecule has 1 atom stereocenters. The van der Waals surface area contributed by atoms with Crippen LogP contribution in [0.25, 0.3) is 22.6 Å². The molecule has 0 bridgehead atoms. The standard InChI is InChI=1S/C29H28N2O4/c32-27(33)19-34-25-16-8-13-22-23(25)14-7-15-24(22)30-18-17-26-31-28(20-9-3-1-4-10-20)29(35-26)21-11-5-2-6-12-21/h1-6,8-13,16,24,30H,7,14-15,17-19H2,(H,32,33). The predicted molar refractivity (Wildman–Crippen MR) is 134 cm³/mol. The molecule has 4 aromatic rings. The fraction of sp³-hybridized carbons (Fsp3) is 0.241. The summed E-state index contributed by atoms with van der Waals surface area (Å²) in [5.74, 6) is 1.19. The van der Waals surface area contributed by atoms with Crippen LogP contribution in [-0.4, -0.2) is 29.2 Å². The number of carboxylic acids is 1. The van der Waals surface area contributed by atoms with Crippen LogP contribution in [0.4, 0.5) is 0 Å². The Labute approximate surface area is 204 Å². The molecule has 5 rings (SSSR count). The van der Waals surface area contributed by atoms with Gasteiger partial charge in [0.2, 0.25) is 0 Å². The highest BCUT2D eigenvalue weighted by Crippen LogP contribution is 2.36. The summed E-state index contributed by atoms with van der Waals surface area (Å²) in [6, 6.07) is 26.3. The highest BCUT2D eigenvalue weighted by atomic mass is 16.5. The van der Waals surface area contributed by atoms with Gasteiger partial charge in [-0.3, -0.25) is 0 Å². The molecule has 0 saturated carbocycles. The number of nitrogens with one attached hydrogen (secondary N) is 1. The minimum absolute atomic E-state index is 0.185. The van der Waals surface area contributed by atoms with Crippen LogP contribution in [0.15, 0.2) is 83.3 Å². The molecule has 1 aliphatic rings. The van der Waals surface area contributed by atoms with Gasteiger partial charge >= 0.3 is 5.97 Å². The van der Waals surface area contributed by atoms with E-state index in [2.05, 4.69) is 23.5 Å². The van der Waals surface area contributed by atoms with Gasteiger partial charge in [0.25, 0.3) is 0 Å². The summed E-state index contributed by atoms with van der Waals surface area (Å²) in [6.07, 6.45) is 3.59. The second-order valence-corrected chi connectivity index (χ2v) is 8.67. The SMILES string of the molecule is O=C(O)COc1cccc2c1CCCC2NCCc1nc(-c2ccccc2)c(-c2ccccc2)o1. The number of fused-ring (bicyclic) bond motifs is 1. The van der Waals surface area contributed by atoms with E-state index in [9.17, 15) is 4.79 Å². The van der Waals surface area contributed by atoms with Gasteiger partial charge in [0.1, 0.15) is 11.4 Å². The number of hydrogen-bond donors (Lipinski definition) is 2. The molecule has 1 heterocycles. The lowest BCUT2D eigenvalue weighted by Crippen LogP contribution is -2.27. The van der Waals surface area contributed by atoms with E-state index in [0.29, 0.717) is 24.6 Å². The fourth-order valence-corrected chi connectivity index (χ4v) is 4.70. The zero-order valence-corrected chi connectivity index (χ0v) is 19.4. The van der Waals surface area contributed by atoms with Crippen molar-refractivity contribution in [3.63, 3.8) is 0 Å². The molecule has 6 nitrogen and oxygen atoms in total. The number of carbonyl (C=O) groups is 1. The van der Waals surface area contributed by atoms with Crippen molar-refractivity contribution in [3.05, 3.63) is 95.9 Å². The van der Waals surface area contributed by atoms with Crippen LogP contribution in [-0.2, 0) is 17.6 Å². The van der Waals surface area contributed by atoms with Gasteiger partial charge in [0.05, 0.1) is 0 Å². The summed E-state index contributed by atoms with van der Waals surface area (Å²) in [4.78, 5) is 15.8. The van der Waals surface area contributed by atoms with Crippen molar-refractivity contribution in [1.29, 1.82) is 0 Å². The van der Waals surface area contributed by atoms with Gasteiger partial charge in [-0.1, -0.05) is 72.8 Å². The van der Waals surface area contributed by atoms with Crippen LogP contribution < -0.4 is 10.1 Å². The summed E-state index contributed by atoms with van der Waals surface area (Å²) < 4.78 is 11.8. The lowest BCUT2D eigenvalue weighted by Gasteiger charge is -2.28. The molecule has 35 heavy (non-hydrogen) atoms. The van der Waals surface area contributed by atoms with Gasteiger partial charge in [-0.15, -0.1) is 0 Å². The first-order valence-corrected chi connectivity index (χ1v) is 12.0. The first-order valence-electron chi connectivity index (χ1n) is 12.0. The molecular formula is C29H28N2O4. The van der Waals surface area contributed by atoms with Crippen molar-refractivity contribution in [1.82, 2.24) is 10.3 Å². The zero-order valence-electron chi connectivity index (χ0n) is 19.4. The number of benzene rings is 3. The summed E-state index contributed by atoms with van der Waals surface area (Å²) in [6.45, 7) is 0.388. The monoisotopic (exact) mass is 468 g/mol. The van der Waals surface area contributed by atoms with Gasteiger partial charge < -0.3 is 19.6 Å². The second-order valence-electron chi connectivity index (χ2n) is 8.67. The van der Waals surface area contributed by atoms with Gasteiger partial charge in [-0.25, -0.2) is 9.78 Å². The Bertz CT molecular complexity index is 1230. The van der Waals surface area contributed by atoms with Crippen LogP contribution in [0.1, 0.15) is 35.9 Å². The number of ether oxygens (including phenoxy) is 1. The first kappa shape index (κ1) is 22.9. The number of nitrogens with zero attached hydrogens (tertiary/aromatic N) is 1. The molecule has 0 spiro atoms. The van der Waals surface area contributed by atoms with Crippen molar-refractivity contribution in [2.24, 2.45) is 0 Å². The summed E-state index contributed by atoms with van der Waals surface area (Å²) in [5, 5.41) is 12.6. The molecular weight excluding hydrogens is 440 g/mol. The minimum atomic E-state index is -0.969. The molecule has 2 N–H and O–H groups in total. The Balaban J connectivity index is 1.31. The van der Waals surface area contributed by atoms with Crippen molar-refractivity contribution < 1.29 is 19.1 Å². The number of oxazole rings is 1. The maximum atomic E-state index is 10.9. The maximum absolute atomic E-state index is 10.9. The number of aromatic nitrogens is 1. The smallest absolute Gasteiger partial charge is 0.341 e. The molecule has 0 aliphatic heterocycles. The number of aliphatic carboxylic acids is 1.